The minimum Gasteiger partial charge on any atom is -0.382 e. The van der Waals surface area contributed by atoms with E-state index in [1.165, 1.54) is 16.9 Å². The molecule has 4 nitrogen and oxygen atoms in total. The standard InChI is InChI=1S/C20H21N3OS/c1-4-14-8-10-15(11-9-14)17(24)18-19(21)23-20(25-18)22-16-12(2)6-5-7-13(16)3/h5-11H,4,21H2,1-3H3,(H,22,23). The van der Waals surface area contributed by atoms with Crippen molar-refractivity contribution in [1.29, 1.82) is 0 Å². The summed E-state index contributed by atoms with van der Waals surface area (Å²) in [6, 6.07) is 13.7. The van der Waals surface area contributed by atoms with E-state index in [2.05, 4.69) is 17.2 Å². The van der Waals surface area contributed by atoms with Gasteiger partial charge in [-0.3, -0.25) is 4.79 Å². The third-order valence-corrected chi connectivity index (χ3v) is 5.18. The van der Waals surface area contributed by atoms with Crippen molar-refractivity contribution >= 4 is 33.8 Å². The van der Waals surface area contributed by atoms with Gasteiger partial charge in [-0.2, -0.15) is 0 Å². The van der Waals surface area contributed by atoms with Crippen LogP contribution in [0.1, 0.15) is 38.8 Å². The molecular formula is C20H21N3OS. The molecule has 0 aliphatic heterocycles. The Morgan fingerprint density at radius 2 is 1.76 bits per heavy atom. The molecule has 25 heavy (non-hydrogen) atoms. The first kappa shape index (κ1) is 17.2. The van der Waals surface area contributed by atoms with Crippen LogP contribution in [0.4, 0.5) is 16.6 Å². The van der Waals surface area contributed by atoms with Crippen molar-refractivity contribution in [1.82, 2.24) is 4.98 Å². The molecule has 2 aromatic carbocycles. The number of nitrogen functional groups attached to an aromatic ring is 1. The van der Waals surface area contributed by atoms with Gasteiger partial charge < -0.3 is 11.1 Å². The number of hydrogen-bond acceptors (Lipinski definition) is 5. The van der Waals surface area contributed by atoms with Crippen molar-refractivity contribution in [2.45, 2.75) is 27.2 Å². The highest BCUT2D eigenvalue weighted by Gasteiger charge is 2.18. The van der Waals surface area contributed by atoms with Crippen LogP contribution in [0, 0.1) is 13.8 Å². The number of nitrogens with zero attached hydrogens (tertiary/aromatic N) is 1. The van der Waals surface area contributed by atoms with Crippen LogP contribution < -0.4 is 11.1 Å². The molecule has 0 saturated carbocycles. The minimum absolute atomic E-state index is 0.0905. The lowest BCUT2D eigenvalue weighted by molar-refractivity contribution is 0.104. The van der Waals surface area contributed by atoms with Crippen LogP contribution >= 0.6 is 11.3 Å². The summed E-state index contributed by atoms with van der Waals surface area (Å²) < 4.78 is 0. The quantitative estimate of drug-likeness (QED) is 0.643. The molecule has 0 spiro atoms. The third kappa shape index (κ3) is 3.56. The molecular weight excluding hydrogens is 330 g/mol. The summed E-state index contributed by atoms with van der Waals surface area (Å²) in [5, 5.41) is 3.93. The van der Waals surface area contributed by atoms with Crippen LogP contribution in [0.3, 0.4) is 0 Å². The number of carbonyl (C=O) groups is 1. The fourth-order valence-corrected chi connectivity index (χ4v) is 3.54. The van der Waals surface area contributed by atoms with Gasteiger partial charge in [0.1, 0.15) is 10.7 Å². The molecule has 0 bridgehead atoms. The Kier molecular flexibility index (Phi) is 4.86. The minimum atomic E-state index is -0.0905. The molecule has 3 aromatic rings. The van der Waals surface area contributed by atoms with E-state index in [1.54, 1.807) is 0 Å². The van der Waals surface area contributed by atoms with Crippen LogP contribution in [0.5, 0.6) is 0 Å². The van der Waals surface area contributed by atoms with Gasteiger partial charge in [-0.05, 0) is 37.0 Å². The molecule has 0 aliphatic rings. The van der Waals surface area contributed by atoms with Gasteiger partial charge in [-0.25, -0.2) is 4.98 Å². The van der Waals surface area contributed by atoms with Crippen LogP contribution in [0.15, 0.2) is 42.5 Å². The van der Waals surface area contributed by atoms with E-state index in [-0.39, 0.29) is 11.6 Å². The van der Waals surface area contributed by atoms with E-state index in [0.717, 1.165) is 23.2 Å². The lowest BCUT2D eigenvalue weighted by Gasteiger charge is -2.09. The highest BCUT2D eigenvalue weighted by Crippen LogP contribution is 2.31. The summed E-state index contributed by atoms with van der Waals surface area (Å²) in [5.74, 6) is 0.176. The fourth-order valence-electron chi connectivity index (χ4n) is 2.69. The maximum Gasteiger partial charge on any atom is 0.206 e. The van der Waals surface area contributed by atoms with E-state index in [1.807, 2.05) is 56.3 Å². The first-order valence-corrected chi connectivity index (χ1v) is 9.04. The summed E-state index contributed by atoms with van der Waals surface area (Å²) in [5.41, 5.74) is 11.1. The molecule has 3 rings (SSSR count). The van der Waals surface area contributed by atoms with Crippen molar-refractivity contribution < 1.29 is 4.79 Å². The van der Waals surface area contributed by atoms with Crippen LogP contribution in [-0.2, 0) is 6.42 Å². The number of ketones is 1. The molecule has 0 saturated heterocycles. The van der Waals surface area contributed by atoms with E-state index in [0.29, 0.717) is 15.6 Å². The van der Waals surface area contributed by atoms with Crippen molar-refractivity contribution in [3.8, 4) is 0 Å². The van der Waals surface area contributed by atoms with Gasteiger partial charge >= 0.3 is 0 Å². The molecule has 0 atom stereocenters. The van der Waals surface area contributed by atoms with Gasteiger partial charge in [-0.15, -0.1) is 0 Å². The molecule has 128 valence electrons. The van der Waals surface area contributed by atoms with Crippen LogP contribution in [0.25, 0.3) is 0 Å². The number of thiazole rings is 1. The second kappa shape index (κ2) is 7.07. The predicted molar refractivity (Wildman–Crippen MR) is 105 cm³/mol. The number of aryl methyl sites for hydroxylation is 3. The summed E-state index contributed by atoms with van der Waals surface area (Å²) in [6.45, 7) is 6.16. The van der Waals surface area contributed by atoms with E-state index in [9.17, 15) is 4.79 Å². The van der Waals surface area contributed by atoms with E-state index < -0.39 is 0 Å². The van der Waals surface area contributed by atoms with Crippen LogP contribution in [-0.4, -0.2) is 10.8 Å². The molecule has 0 amide bonds. The number of para-hydroxylation sites is 1. The highest BCUT2D eigenvalue weighted by molar-refractivity contribution is 7.18. The Hall–Kier alpha value is -2.66. The molecule has 0 unspecified atom stereocenters. The van der Waals surface area contributed by atoms with Gasteiger partial charge in [-0.1, -0.05) is 60.7 Å². The van der Waals surface area contributed by atoms with Gasteiger partial charge in [0.15, 0.2) is 5.13 Å². The summed E-state index contributed by atoms with van der Waals surface area (Å²) in [7, 11) is 0. The molecule has 1 aromatic heterocycles. The lowest BCUT2D eigenvalue weighted by Crippen LogP contribution is -2.02. The number of anilines is 3. The van der Waals surface area contributed by atoms with E-state index in [4.69, 9.17) is 5.73 Å². The monoisotopic (exact) mass is 351 g/mol. The Labute approximate surface area is 151 Å². The number of aromatic nitrogens is 1. The molecule has 0 radical (unpaired) electrons. The summed E-state index contributed by atoms with van der Waals surface area (Å²) >= 11 is 1.29. The Morgan fingerprint density at radius 1 is 1.12 bits per heavy atom. The molecule has 0 fully saturated rings. The average molecular weight is 351 g/mol. The number of nitrogens with one attached hydrogen (secondary N) is 1. The summed E-state index contributed by atoms with van der Waals surface area (Å²) in [6.07, 6.45) is 0.945. The first-order chi connectivity index (χ1) is 12.0. The number of hydrogen-bond donors (Lipinski definition) is 2. The van der Waals surface area contributed by atoms with Gasteiger partial charge in [0.25, 0.3) is 0 Å². The number of benzene rings is 2. The molecule has 0 aliphatic carbocycles. The predicted octanol–water partition coefficient (Wildman–Crippen LogP) is 4.88. The fraction of sp³-hybridized carbons (Fsp3) is 0.200. The SMILES string of the molecule is CCc1ccc(C(=O)c2sc(Nc3c(C)cccc3C)nc2N)cc1. The Balaban J connectivity index is 1.88. The van der Waals surface area contributed by atoms with Crippen LogP contribution in [0.2, 0.25) is 0 Å². The van der Waals surface area contributed by atoms with Crippen molar-refractivity contribution in [3.63, 3.8) is 0 Å². The maximum absolute atomic E-state index is 12.7. The first-order valence-electron chi connectivity index (χ1n) is 8.22. The number of carbonyl (C=O) groups excluding carboxylic acids is 1. The average Bonchev–Trinajstić information content (AvgIpc) is 2.98. The smallest absolute Gasteiger partial charge is 0.206 e. The lowest BCUT2D eigenvalue weighted by atomic mass is 10.1. The topological polar surface area (TPSA) is 68.0 Å². The maximum atomic E-state index is 12.7. The molecule has 1 heterocycles. The zero-order valence-electron chi connectivity index (χ0n) is 14.6. The van der Waals surface area contributed by atoms with Gasteiger partial charge in [0.2, 0.25) is 5.78 Å². The van der Waals surface area contributed by atoms with Crippen molar-refractivity contribution in [2.75, 3.05) is 11.1 Å². The second-order valence-electron chi connectivity index (χ2n) is 6.00. The normalized spacial score (nSPS) is 10.7. The van der Waals surface area contributed by atoms with Crippen molar-refractivity contribution in [3.05, 3.63) is 69.6 Å². The zero-order valence-corrected chi connectivity index (χ0v) is 15.4. The Morgan fingerprint density at radius 3 is 2.36 bits per heavy atom. The molecule has 5 heteroatoms. The number of rotatable bonds is 5. The third-order valence-electron chi connectivity index (χ3n) is 4.20. The largest absolute Gasteiger partial charge is 0.382 e. The summed E-state index contributed by atoms with van der Waals surface area (Å²) in [4.78, 5) is 17.5. The van der Waals surface area contributed by atoms with E-state index >= 15 is 0 Å². The zero-order chi connectivity index (χ0) is 18.0. The van der Waals surface area contributed by atoms with Gasteiger partial charge in [0, 0.05) is 11.3 Å². The van der Waals surface area contributed by atoms with Crippen molar-refractivity contribution in [2.24, 2.45) is 0 Å². The number of nitrogens with two attached hydrogens (primary N) is 1. The highest BCUT2D eigenvalue weighted by atomic mass is 32.1. The molecule has 3 N–H and O–H groups in total. The Bertz CT molecular complexity index is 893. The second-order valence-corrected chi connectivity index (χ2v) is 7.00. The van der Waals surface area contributed by atoms with Gasteiger partial charge in [0.05, 0.1) is 0 Å².